The zero-order chi connectivity index (χ0) is 13.1. The second-order valence-corrected chi connectivity index (χ2v) is 5.04. The Bertz CT molecular complexity index is 475. The van der Waals surface area contributed by atoms with E-state index in [-0.39, 0.29) is 0 Å². The fourth-order valence-electron chi connectivity index (χ4n) is 2.04. The van der Waals surface area contributed by atoms with Gasteiger partial charge in [-0.15, -0.1) is 0 Å². The first-order chi connectivity index (χ1) is 8.56. The predicted octanol–water partition coefficient (Wildman–Crippen LogP) is 2.94. The molecule has 0 heterocycles. The van der Waals surface area contributed by atoms with Crippen LogP contribution in [-0.4, -0.2) is 24.7 Å². The topological polar surface area (TPSA) is 40.5 Å². The Hall–Kier alpha value is -1.77. The van der Waals surface area contributed by atoms with Crippen molar-refractivity contribution in [2.24, 2.45) is 5.92 Å². The van der Waals surface area contributed by atoms with E-state index < -0.39 is 5.97 Å². The summed E-state index contributed by atoms with van der Waals surface area (Å²) < 4.78 is 0. The minimum Gasteiger partial charge on any atom is -0.478 e. The molecule has 0 amide bonds. The van der Waals surface area contributed by atoms with E-state index in [1.54, 1.807) is 6.08 Å². The van der Waals surface area contributed by atoms with Gasteiger partial charge < -0.3 is 10.0 Å². The van der Waals surface area contributed by atoms with E-state index in [1.807, 2.05) is 13.0 Å². The number of aryl methyl sites for hydroxylation is 1. The first kappa shape index (κ1) is 12.7. The monoisotopic (exact) mass is 245 g/mol. The fourth-order valence-corrected chi connectivity index (χ4v) is 2.04. The molecule has 0 aromatic heterocycles. The first-order valence-electron chi connectivity index (χ1n) is 6.29. The molecule has 0 radical (unpaired) electrons. The molecule has 1 aliphatic rings. The largest absolute Gasteiger partial charge is 0.478 e. The molecule has 0 spiro atoms. The third kappa shape index (κ3) is 3.36. The quantitative estimate of drug-likeness (QED) is 0.811. The highest BCUT2D eigenvalue weighted by Crippen LogP contribution is 2.31. The molecule has 3 heteroatoms. The smallest absolute Gasteiger partial charge is 0.328 e. The summed E-state index contributed by atoms with van der Waals surface area (Å²) in [5.41, 5.74) is 3.26. The third-order valence-corrected chi connectivity index (χ3v) is 3.33. The number of hydrogen-bond donors (Lipinski definition) is 1. The summed E-state index contributed by atoms with van der Waals surface area (Å²) in [4.78, 5) is 12.8. The minimum absolute atomic E-state index is 0.863. The van der Waals surface area contributed by atoms with Gasteiger partial charge in [0.1, 0.15) is 0 Å². The van der Waals surface area contributed by atoms with Crippen molar-refractivity contribution in [3.8, 4) is 0 Å². The third-order valence-electron chi connectivity index (χ3n) is 3.33. The summed E-state index contributed by atoms with van der Waals surface area (Å²) in [5, 5.41) is 8.62. The summed E-state index contributed by atoms with van der Waals surface area (Å²) >= 11 is 0. The highest BCUT2D eigenvalue weighted by atomic mass is 16.4. The Morgan fingerprint density at radius 3 is 2.78 bits per heavy atom. The molecular weight excluding hydrogens is 226 g/mol. The Morgan fingerprint density at radius 1 is 1.50 bits per heavy atom. The number of carboxylic acid groups (broad SMARTS) is 1. The Labute approximate surface area is 108 Å². The van der Waals surface area contributed by atoms with Gasteiger partial charge in [0.2, 0.25) is 0 Å². The van der Waals surface area contributed by atoms with Crippen LogP contribution in [0, 0.1) is 12.8 Å². The van der Waals surface area contributed by atoms with Crippen LogP contribution in [0.5, 0.6) is 0 Å². The number of aliphatic carboxylic acids is 1. The van der Waals surface area contributed by atoms with Gasteiger partial charge in [-0.05, 0) is 55.0 Å². The maximum Gasteiger partial charge on any atom is 0.328 e. The molecule has 3 nitrogen and oxygen atoms in total. The van der Waals surface area contributed by atoms with Gasteiger partial charge in [-0.1, -0.05) is 6.07 Å². The van der Waals surface area contributed by atoms with E-state index >= 15 is 0 Å². The van der Waals surface area contributed by atoms with Crippen LogP contribution < -0.4 is 4.90 Å². The molecule has 1 N–H and O–H groups in total. The van der Waals surface area contributed by atoms with Crippen LogP contribution in [0.1, 0.15) is 24.0 Å². The van der Waals surface area contributed by atoms with Crippen molar-refractivity contribution in [1.82, 2.24) is 0 Å². The lowest BCUT2D eigenvalue weighted by Crippen LogP contribution is -2.19. The molecular formula is C15H19NO2. The number of carbonyl (C=O) groups is 1. The molecule has 1 saturated carbocycles. The first-order valence-corrected chi connectivity index (χ1v) is 6.29. The van der Waals surface area contributed by atoms with Crippen molar-refractivity contribution in [2.75, 3.05) is 18.5 Å². The standard InChI is InChI=1S/C15H19NO2/c1-11-9-14(16(2)10-12-3-4-12)7-5-13(11)6-8-15(17)18/h5-9,12H,3-4,10H2,1-2H3,(H,17,18). The van der Waals surface area contributed by atoms with Crippen molar-refractivity contribution in [2.45, 2.75) is 19.8 Å². The van der Waals surface area contributed by atoms with Crippen LogP contribution in [0.2, 0.25) is 0 Å². The molecule has 1 fully saturated rings. The molecule has 2 rings (SSSR count). The number of rotatable bonds is 5. The zero-order valence-corrected chi connectivity index (χ0v) is 10.9. The summed E-state index contributed by atoms with van der Waals surface area (Å²) in [6.45, 7) is 3.12. The number of anilines is 1. The number of hydrogen-bond acceptors (Lipinski definition) is 2. The highest BCUT2D eigenvalue weighted by Gasteiger charge is 2.22. The molecule has 0 bridgehead atoms. The van der Waals surface area contributed by atoms with Gasteiger partial charge in [-0.25, -0.2) is 4.79 Å². The minimum atomic E-state index is -0.913. The number of benzene rings is 1. The average molecular weight is 245 g/mol. The molecule has 96 valence electrons. The van der Waals surface area contributed by atoms with Crippen LogP contribution in [-0.2, 0) is 4.79 Å². The lowest BCUT2D eigenvalue weighted by atomic mass is 10.1. The van der Waals surface area contributed by atoms with Crippen molar-refractivity contribution in [3.05, 3.63) is 35.4 Å². The summed E-state index contributed by atoms with van der Waals surface area (Å²) in [6.07, 6.45) is 5.52. The molecule has 0 saturated heterocycles. The van der Waals surface area contributed by atoms with E-state index in [0.717, 1.165) is 23.6 Å². The highest BCUT2D eigenvalue weighted by molar-refractivity contribution is 5.85. The van der Waals surface area contributed by atoms with Gasteiger partial charge in [0.05, 0.1) is 0 Å². The Morgan fingerprint density at radius 2 is 2.22 bits per heavy atom. The van der Waals surface area contributed by atoms with Crippen LogP contribution in [0.15, 0.2) is 24.3 Å². The number of nitrogens with zero attached hydrogens (tertiary/aromatic N) is 1. The van der Waals surface area contributed by atoms with Crippen molar-refractivity contribution >= 4 is 17.7 Å². The normalized spacial score (nSPS) is 15.0. The maximum atomic E-state index is 10.5. The number of carboxylic acids is 1. The van der Waals surface area contributed by atoms with Crippen LogP contribution in [0.3, 0.4) is 0 Å². The molecule has 0 atom stereocenters. The van der Waals surface area contributed by atoms with E-state index in [1.165, 1.54) is 24.6 Å². The molecule has 1 aliphatic carbocycles. The van der Waals surface area contributed by atoms with E-state index in [9.17, 15) is 4.79 Å². The summed E-state index contributed by atoms with van der Waals surface area (Å²) in [5.74, 6) is -0.0498. The Kier molecular flexibility index (Phi) is 3.70. The predicted molar refractivity (Wildman–Crippen MR) is 73.8 cm³/mol. The molecule has 0 aliphatic heterocycles. The lowest BCUT2D eigenvalue weighted by molar-refractivity contribution is -0.131. The fraction of sp³-hybridized carbons (Fsp3) is 0.400. The van der Waals surface area contributed by atoms with Crippen LogP contribution in [0.25, 0.3) is 6.08 Å². The summed E-state index contributed by atoms with van der Waals surface area (Å²) in [7, 11) is 2.11. The van der Waals surface area contributed by atoms with Gasteiger partial charge in [0.25, 0.3) is 0 Å². The molecule has 0 unspecified atom stereocenters. The van der Waals surface area contributed by atoms with E-state index in [0.29, 0.717) is 0 Å². The Balaban J connectivity index is 2.10. The SMILES string of the molecule is Cc1cc(N(C)CC2CC2)ccc1C=CC(=O)O. The van der Waals surface area contributed by atoms with Gasteiger partial charge in [0.15, 0.2) is 0 Å². The van der Waals surface area contributed by atoms with Crippen LogP contribution in [0.4, 0.5) is 5.69 Å². The van der Waals surface area contributed by atoms with Crippen LogP contribution >= 0.6 is 0 Å². The average Bonchev–Trinajstić information content (AvgIpc) is 3.11. The van der Waals surface area contributed by atoms with E-state index in [2.05, 4.69) is 24.1 Å². The lowest BCUT2D eigenvalue weighted by Gasteiger charge is -2.20. The summed E-state index contributed by atoms with van der Waals surface area (Å²) in [6, 6.07) is 6.15. The van der Waals surface area contributed by atoms with Gasteiger partial charge >= 0.3 is 5.97 Å². The zero-order valence-electron chi connectivity index (χ0n) is 10.9. The molecule has 18 heavy (non-hydrogen) atoms. The molecule has 1 aromatic rings. The van der Waals surface area contributed by atoms with Gasteiger partial charge in [0, 0.05) is 25.4 Å². The van der Waals surface area contributed by atoms with Gasteiger partial charge in [-0.3, -0.25) is 0 Å². The second kappa shape index (κ2) is 5.25. The van der Waals surface area contributed by atoms with Crippen molar-refractivity contribution in [3.63, 3.8) is 0 Å². The van der Waals surface area contributed by atoms with Crippen molar-refractivity contribution in [1.29, 1.82) is 0 Å². The second-order valence-electron chi connectivity index (χ2n) is 5.04. The molecule has 1 aromatic carbocycles. The van der Waals surface area contributed by atoms with E-state index in [4.69, 9.17) is 5.11 Å². The van der Waals surface area contributed by atoms with Crippen molar-refractivity contribution < 1.29 is 9.90 Å². The maximum absolute atomic E-state index is 10.5. The van der Waals surface area contributed by atoms with Gasteiger partial charge in [-0.2, -0.15) is 0 Å².